The molecule has 3 aromatic rings. The summed E-state index contributed by atoms with van der Waals surface area (Å²) in [6.07, 6.45) is 1.90. The van der Waals surface area contributed by atoms with Gasteiger partial charge in [0.15, 0.2) is 12.6 Å². The first-order chi connectivity index (χ1) is 18.5. The fourth-order valence-corrected chi connectivity index (χ4v) is 4.77. The summed E-state index contributed by atoms with van der Waals surface area (Å²) >= 11 is 0. The summed E-state index contributed by atoms with van der Waals surface area (Å²) in [6.45, 7) is 17.4. The van der Waals surface area contributed by atoms with Crippen molar-refractivity contribution in [1.82, 2.24) is 5.16 Å². The number of carbonyl (C=O) groups excluding carboxylic acids is 2. The van der Waals surface area contributed by atoms with Gasteiger partial charge in [-0.3, -0.25) is 0 Å². The van der Waals surface area contributed by atoms with E-state index in [2.05, 4.69) is 12.1 Å². The number of hydrogen-bond acceptors (Lipinski definition) is 8. The van der Waals surface area contributed by atoms with Crippen LogP contribution in [0.1, 0.15) is 85.1 Å². The summed E-state index contributed by atoms with van der Waals surface area (Å²) in [6, 6.07) is 1.83. The topological polar surface area (TPSA) is 97.1 Å². The Morgan fingerprint density at radius 1 is 0.795 bits per heavy atom. The predicted molar refractivity (Wildman–Crippen MR) is 149 cm³/mol. The van der Waals surface area contributed by atoms with Crippen LogP contribution in [0.2, 0.25) is 0 Å². The van der Waals surface area contributed by atoms with Gasteiger partial charge in [-0.1, -0.05) is 18.5 Å². The fraction of sp³-hybridized carbons (Fsp3) is 0.452. The molecular weight excluding hydrogens is 498 g/mol. The van der Waals surface area contributed by atoms with Gasteiger partial charge in [0.05, 0.1) is 29.0 Å². The van der Waals surface area contributed by atoms with Crippen molar-refractivity contribution in [3.63, 3.8) is 0 Å². The Labute approximate surface area is 230 Å². The number of hydrogen-bond donors (Lipinski definition) is 0. The van der Waals surface area contributed by atoms with E-state index in [4.69, 9.17) is 23.5 Å². The standard InChI is InChI=1S/C31H39NO7/c1-11-12-13-36-29-22(8)19(5)26(23(9)27(29)24-14-16(2)32-39-24)31(34)38-28-20(6)17(3)25(18(4)21(28)7)30(33)37-15-35-10/h14H,11-13,15H2,1-10H3. The average Bonchev–Trinajstić information content (AvgIpc) is 3.32. The second-order valence-electron chi connectivity index (χ2n) is 9.92. The van der Waals surface area contributed by atoms with Crippen molar-refractivity contribution in [3.8, 4) is 22.8 Å². The number of aromatic nitrogens is 1. The maximum atomic E-state index is 13.8. The molecule has 0 unspecified atom stereocenters. The largest absolute Gasteiger partial charge is 0.493 e. The molecule has 0 saturated heterocycles. The molecule has 0 fully saturated rings. The number of esters is 2. The monoisotopic (exact) mass is 537 g/mol. The van der Waals surface area contributed by atoms with Gasteiger partial charge in [-0.25, -0.2) is 9.59 Å². The summed E-state index contributed by atoms with van der Waals surface area (Å²) in [7, 11) is 1.45. The van der Waals surface area contributed by atoms with E-state index in [0.717, 1.165) is 29.7 Å². The van der Waals surface area contributed by atoms with Gasteiger partial charge >= 0.3 is 11.9 Å². The normalized spacial score (nSPS) is 11.0. The molecule has 1 aromatic heterocycles. The van der Waals surface area contributed by atoms with Gasteiger partial charge in [0.2, 0.25) is 0 Å². The van der Waals surface area contributed by atoms with Crippen LogP contribution in [0.4, 0.5) is 0 Å². The Bertz CT molecular complexity index is 1370. The highest BCUT2D eigenvalue weighted by Gasteiger charge is 2.29. The smallest absolute Gasteiger partial charge is 0.344 e. The molecule has 0 N–H and O–H groups in total. The Balaban J connectivity index is 2.13. The van der Waals surface area contributed by atoms with Crippen LogP contribution in [0.15, 0.2) is 10.6 Å². The number of unbranched alkanes of at least 4 members (excludes halogenated alkanes) is 1. The van der Waals surface area contributed by atoms with Crippen LogP contribution < -0.4 is 9.47 Å². The van der Waals surface area contributed by atoms with Gasteiger partial charge in [0.1, 0.15) is 11.5 Å². The van der Waals surface area contributed by atoms with Crippen LogP contribution in [-0.4, -0.2) is 37.6 Å². The van der Waals surface area contributed by atoms with Gasteiger partial charge in [0.25, 0.3) is 0 Å². The zero-order valence-corrected chi connectivity index (χ0v) is 24.7. The Morgan fingerprint density at radius 2 is 1.36 bits per heavy atom. The third kappa shape index (κ3) is 5.86. The Morgan fingerprint density at radius 3 is 1.87 bits per heavy atom. The molecule has 210 valence electrons. The number of ether oxygens (including phenoxy) is 4. The molecule has 1 heterocycles. The first-order valence-corrected chi connectivity index (χ1v) is 13.1. The second-order valence-corrected chi connectivity index (χ2v) is 9.92. The van der Waals surface area contributed by atoms with Crippen molar-refractivity contribution in [2.24, 2.45) is 0 Å². The third-order valence-corrected chi connectivity index (χ3v) is 7.34. The summed E-state index contributed by atoms with van der Waals surface area (Å²) in [5.41, 5.74) is 7.35. The maximum absolute atomic E-state index is 13.8. The molecule has 8 nitrogen and oxygen atoms in total. The molecular formula is C31H39NO7. The van der Waals surface area contributed by atoms with E-state index in [1.165, 1.54) is 7.11 Å². The van der Waals surface area contributed by atoms with E-state index < -0.39 is 11.9 Å². The maximum Gasteiger partial charge on any atom is 0.344 e. The van der Waals surface area contributed by atoms with E-state index in [0.29, 0.717) is 68.4 Å². The summed E-state index contributed by atoms with van der Waals surface area (Å²) in [4.78, 5) is 26.5. The Kier molecular flexibility index (Phi) is 9.56. The first kappa shape index (κ1) is 29.9. The SMILES string of the molecule is CCCCOc1c(C)c(C)c(C(=O)Oc2c(C)c(C)c(C(=O)OCOC)c(C)c2C)c(C)c1-c1cc(C)no1. The van der Waals surface area contributed by atoms with Crippen LogP contribution >= 0.6 is 0 Å². The lowest BCUT2D eigenvalue weighted by Gasteiger charge is -2.22. The molecule has 0 amide bonds. The van der Waals surface area contributed by atoms with E-state index >= 15 is 0 Å². The minimum atomic E-state index is -0.495. The highest BCUT2D eigenvalue weighted by molar-refractivity contribution is 5.99. The lowest BCUT2D eigenvalue weighted by atomic mass is 9.90. The van der Waals surface area contributed by atoms with Crippen molar-refractivity contribution in [2.45, 2.75) is 75.2 Å². The number of aryl methyl sites for hydroxylation is 1. The number of rotatable bonds is 10. The first-order valence-electron chi connectivity index (χ1n) is 13.1. The highest BCUT2D eigenvalue weighted by Crippen LogP contribution is 2.42. The van der Waals surface area contributed by atoms with Gasteiger partial charge in [-0.05, 0) is 101 Å². The number of methoxy groups -OCH3 is 1. The van der Waals surface area contributed by atoms with Crippen LogP contribution in [-0.2, 0) is 9.47 Å². The molecule has 3 rings (SSSR count). The van der Waals surface area contributed by atoms with E-state index in [-0.39, 0.29) is 6.79 Å². The molecule has 0 aliphatic rings. The van der Waals surface area contributed by atoms with Crippen LogP contribution in [0.3, 0.4) is 0 Å². The average molecular weight is 538 g/mol. The van der Waals surface area contributed by atoms with E-state index in [1.807, 2.05) is 61.5 Å². The molecule has 0 spiro atoms. The highest BCUT2D eigenvalue weighted by atomic mass is 16.7. The second kappa shape index (κ2) is 12.5. The fourth-order valence-electron chi connectivity index (χ4n) is 4.77. The number of nitrogens with zero attached hydrogens (tertiary/aromatic N) is 1. The number of benzene rings is 2. The van der Waals surface area contributed by atoms with Crippen LogP contribution in [0, 0.1) is 55.4 Å². The molecule has 0 saturated carbocycles. The number of carbonyl (C=O) groups is 2. The summed E-state index contributed by atoms with van der Waals surface area (Å²) in [5, 5.41) is 4.06. The van der Waals surface area contributed by atoms with Crippen molar-refractivity contribution in [1.29, 1.82) is 0 Å². The zero-order chi connectivity index (χ0) is 29.0. The van der Waals surface area contributed by atoms with Gasteiger partial charge in [-0.15, -0.1) is 0 Å². The third-order valence-electron chi connectivity index (χ3n) is 7.34. The molecule has 0 aliphatic heterocycles. The lowest BCUT2D eigenvalue weighted by molar-refractivity contribution is -0.0126. The summed E-state index contributed by atoms with van der Waals surface area (Å²) < 4.78 is 28.0. The van der Waals surface area contributed by atoms with Gasteiger partial charge < -0.3 is 23.5 Å². The lowest BCUT2D eigenvalue weighted by Crippen LogP contribution is -2.18. The molecule has 39 heavy (non-hydrogen) atoms. The molecule has 2 aromatic carbocycles. The van der Waals surface area contributed by atoms with E-state index in [1.54, 1.807) is 0 Å². The van der Waals surface area contributed by atoms with E-state index in [9.17, 15) is 9.59 Å². The van der Waals surface area contributed by atoms with Crippen molar-refractivity contribution >= 4 is 11.9 Å². The van der Waals surface area contributed by atoms with Crippen molar-refractivity contribution < 1.29 is 33.1 Å². The minimum Gasteiger partial charge on any atom is -0.493 e. The van der Waals surface area contributed by atoms with Gasteiger partial charge in [-0.2, -0.15) is 0 Å². The minimum absolute atomic E-state index is 0.143. The molecule has 0 radical (unpaired) electrons. The van der Waals surface area contributed by atoms with Gasteiger partial charge in [0, 0.05) is 13.2 Å². The zero-order valence-electron chi connectivity index (χ0n) is 24.7. The van der Waals surface area contributed by atoms with Crippen LogP contribution in [0.25, 0.3) is 11.3 Å². The summed E-state index contributed by atoms with van der Waals surface area (Å²) in [5.74, 6) is 0.667. The quantitative estimate of drug-likeness (QED) is 0.118. The van der Waals surface area contributed by atoms with Crippen molar-refractivity contribution in [3.05, 3.63) is 61.8 Å². The molecule has 0 bridgehead atoms. The predicted octanol–water partition coefficient (Wildman–Crippen LogP) is 6.97. The molecule has 8 heteroatoms. The molecule has 0 aliphatic carbocycles. The Hall–Kier alpha value is -3.65. The molecule has 0 atom stereocenters. The van der Waals surface area contributed by atoms with Crippen molar-refractivity contribution in [2.75, 3.05) is 20.5 Å². The van der Waals surface area contributed by atoms with Crippen LogP contribution in [0.5, 0.6) is 11.5 Å².